The summed E-state index contributed by atoms with van der Waals surface area (Å²) in [4.78, 5) is 22.5. The summed E-state index contributed by atoms with van der Waals surface area (Å²) >= 11 is 0. The van der Waals surface area contributed by atoms with Crippen LogP contribution >= 0.6 is 0 Å². The second-order valence-corrected chi connectivity index (χ2v) is 7.08. The van der Waals surface area contributed by atoms with Gasteiger partial charge in [-0.05, 0) is 50.5 Å². The zero-order valence-corrected chi connectivity index (χ0v) is 15.4. The zero-order chi connectivity index (χ0) is 17.8. The first-order valence-corrected chi connectivity index (χ1v) is 8.78. The van der Waals surface area contributed by atoms with E-state index in [0.29, 0.717) is 12.3 Å². The van der Waals surface area contributed by atoms with E-state index in [2.05, 4.69) is 19.6 Å². The summed E-state index contributed by atoms with van der Waals surface area (Å²) in [6, 6.07) is 0. The minimum Gasteiger partial charge on any atom is -0.481 e. The molecule has 2 atom stereocenters. The third kappa shape index (κ3) is 12.8. The highest BCUT2D eigenvalue weighted by Crippen LogP contribution is 2.19. The van der Waals surface area contributed by atoms with Gasteiger partial charge in [0.05, 0.1) is 0 Å². The number of Topliss-reactive ketones (excluding diaryl/α,β-unsaturated/α-hetero) is 1. The Kier molecular flexibility index (Phi) is 11.4. The molecule has 0 aliphatic rings. The maximum absolute atomic E-state index is 11.9. The lowest BCUT2D eigenvalue weighted by Crippen LogP contribution is -2.05. The molecule has 132 valence electrons. The molecule has 3 nitrogen and oxygen atoms in total. The smallest absolute Gasteiger partial charge is 0.303 e. The summed E-state index contributed by atoms with van der Waals surface area (Å²) in [5.41, 5.74) is 1.92. The van der Waals surface area contributed by atoms with Crippen LogP contribution in [-0.2, 0) is 9.59 Å². The predicted molar refractivity (Wildman–Crippen MR) is 96.5 cm³/mol. The number of rotatable bonds is 13. The van der Waals surface area contributed by atoms with Gasteiger partial charge in [-0.25, -0.2) is 0 Å². The van der Waals surface area contributed by atoms with Gasteiger partial charge in [-0.15, -0.1) is 6.58 Å². The molecule has 0 radical (unpaired) electrons. The van der Waals surface area contributed by atoms with Crippen LogP contribution in [-0.4, -0.2) is 16.9 Å². The van der Waals surface area contributed by atoms with Crippen molar-refractivity contribution in [2.75, 3.05) is 0 Å². The third-order valence-corrected chi connectivity index (χ3v) is 4.25. The first kappa shape index (κ1) is 21.6. The fourth-order valence-corrected chi connectivity index (χ4v) is 2.58. The average molecular weight is 322 g/mol. The van der Waals surface area contributed by atoms with Crippen LogP contribution in [0.3, 0.4) is 0 Å². The van der Waals surface area contributed by atoms with Crippen molar-refractivity contribution in [1.29, 1.82) is 0 Å². The van der Waals surface area contributed by atoms with Crippen LogP contribution in [0.5, 0.6) is 0 Å². The van der Waals surface area contributed by atoms with Crippen LogP contribution in [0.15, 0.2) is 23.8 Å². The van der Waals surface area contributed by atoms with E-state index >= 15 is 0 Å². The van der Waals surface area contributed by atoms with Crippen molar-refractivity contribution in [2.24, 2.45) is 11.8 Å². The predicted octanol–water partition coefficient (Wildman–Crippen LogP) is 5.56. The number of ketones is 1. The molecule has 0 aliphatic heterocycles. The number of carbonyl (C=O) groups is 2. The Bertz CT molecular complexity index is 421. The summed E-state index contributed by atoms with van der Waals surface area (Å²) in [5.74, 6) is 0.389. The number of carboxylic acid groups (broad SMARTS) is 1. The summed E-state index contributed by atoms with van der Waals surface area (Å²) in [6.07, 6.45) is 8.87. The standard InChI is InChI=1S/C20H34O3/c1-15(2)12-13-19(21)18(5)11-7-9-16(3)8-6-10-17(4)14-20(22)23/h11,16-17H,1,6-10,12-14H2,2-5H3,(H,22,23)/b18-11-/t16-,17-/m1/s1. The summed E-state index contributed by atoms with van der Waals surface area (Å²) < 4.78 is 0. The quantitative estimate of drug-likeness (QED) is 0.357. The Balaban J connectivity index is 3.89. The van der Waals surface area contributed by atoms with Crippen molar-refractivity contribution >= 4 is 11.8 Å². The van der Waals surface area contributed by atoms with E-state index in [0.717, 1.165) is 49.7 Å². The minimum absolute atomic E-state index is 0.225. The van der Waals surface area contributed by atoms with Crippen LogP contribution in [0.1, 0.15) is 79.1 Å². The first-order valence-electron chi connectivity index (χ1n) is 8.78. The Labute approximate surface area is 141 Å². The number of aliphatic carboxylic acids is 1. The first-order chi connectivity index (χ1) is 10.7. The highest BCUT2D eigenvalue weighted by Gasteiger charge is 2.09. The van der Waals surface area contributed by atoms with Gasteiger partial charge < -0.3 is 5.11 Å². The van der Waals surface area contributed by atoms with Gasteiger partial charge >= 0.3 is 5.97 Å². The van der Waals surface area contributed by atoms with Gasteiger partial charge in [0.1, 0.15) is 0 Å². The molecule has 0 unspecified atom stereocenters. The molecule has 3 heteroatoms. The van der Waals surface area contributed by atoms with Gasteiger partial charge in [0.15, 0.2) is 5.78 Å². The average Bonchev–Trinajstić information content (AvgIpc) is 2.43. The van der Waals surface area contributed by atoms with Gasteiger partial charge in [0.2, 0.25) is 0 Å². The van der Waals surface area contributed by atoms with E-state index in [1.807, 2.05) is 20.8 Å². The second kappa shape index (κ2) is 12.1. The topological polar surface area (TPSA) is 54.4 Å². The van der Waals surface area contributed by atoms with Crippen molar-refractivity contribution in [3.8, 4) is 0 Å². The van der Waals surface area contributed by atoms with Gasteiger partial charge in [0, 0.05) is 12.8 Å². The van der Waals surface area contributed by atoms with Gasteiger partial charge in [-0.1, -0.05) is 44.8 Å². The maximum Gasteiger partial charge on any atom is 0.303 e. The Morgan fingerprint density at radius 1 is 1.04 bits per heavy atom. The zero-order valence-electron chi connectivity index (χ0n) is 15.4. The molecular formula is C20H34O3. The summed E-state index contributed by atoms with van der Waals surface area (Å²) in [6.45, 7) is 11.9. The minimum atomic E-state index is -0.706. The molecule has 0 aromatic carbocycles. The molecule has 0 aromatic rings. The number of hydrogen-bond donors (Lipinski definition) is 1. The molecule has 0 fully saturated rings. The van der Waals surface area contributed by atoms with E-state index < -0.39 is 5.97 Å². The fraction of sp³-hybridized carbons (Fsp3) is 0.700. The van der Waals surface area contributed by atoms with E-state index in [-0.39, 0.29) is 18.1 Å². The Morgan fingerprint density at radius 3 is 2.22 bits per heavy atom. The van der Waals surface area contributed by atoms with Crippen LogP contribution in [0.4, 0.5) is 0 Å². The molecule has 0 amide bonds. The molecule has 0 aromatic heterocycles. The van der Waals surface area contributed by atoms with Gasteiger partial charge in [0.25, 0.3) is 0 Å². The largest absolute Gasteiger partial charge is 0.481 e. The molecule has 0 aliphatic carbocycles. The van der Waals surface area contributed by atoms with E-state index in [1.54, 1.807) is 0 Å². The van der Waals surface area contributed by atoms with Crippen LogP contribution in [0.2, 0.25) is 0 Å². The van der Waals surface area contributed by atoms with Gasteiger partial charge in [-0.3, -0.25) is 9.59 Å². The molecule has 0 bridgehead atoms. The lowest BCUT2D eigenvalue weighted by Gasteiger charge is -2.12. The molecule has 0 saturated heterocycles. The molecule has 0 spiro atoms. The molecule has 23 heavy (non-hydrogen) atoms. The highest BCUT2D eigenvalue weighted by molar-refractivity contribution is 5.94. The van der Waals surface area contributed by atoms with Crippen LogP contribution in [0, 0.1) is 11.8 Å². The SMILES string of the molecule is C=C(C)CCC(=O)/C(C)=C\CC[C@H](C)CCC[C@@H](C)CC(=O)O. The second-order valence-electron chi connectivity index (χ2n) is 7.08. The fourth-order valence-electron chi connectivity index (χ4n) is 2.58. The maximum atomic E-state index is 11.9. The van der Waals surface area contributed by atoms with Crippen LogP contribution < -0.4 is 0 Å². The lowest BCUT2D eigenvalue weighted by molar-refractivity contribution is -0.138. The van der Waals surface area contributed by atoms with Gasteiger partial charge in [-0.2, -0.15) is 0 Å². The third-order valence-electron chi connectivity index (χ3n) is 4.25. The highest BCUT2D eigenvalue weighted by atomic mass is 16.4. The van der Waals surface area contributed by atoms with Crippen molar-refractivity contribution < 1.29 is 14.7 Å². The van der Waals surface area contributed by atoms with Crippen LogP contribution in [0.25, 0.3) is 0 Å². The van der Waals surface area contributed by atoms with E-state index in [4.69, 9.17) is 5.11 Å². The molecule has 1 N–H and O–H groups in total. The summed E-state index contributed by atoms with van der Waals surface area (Å²) in [5, 5.41) is 8.74. The molecule has 0 heterocycles. The van der Waals surface area contributed by atoms with E-state index in [9.17, 15) is 9.59 Å². The number of carbonyl (C=O) groups excluding carboxylic acids is 1. The Morgan fingerprint density at radius 2 is 1.65 bits per heavy atom. The number of carboxylic acids is 1. The lowest BCUT2D eigenvalue weighted by atomic mass is 9.93. The van der Waals surface area contributed by atoms with E-state index in [1.165, 1.54) is 0 Å². The summed E-state index contributed by atoms with van der Waals surface area (Å²) in [7, 11) is 0. The number of hydrogen-bond acceptors (Lipinski definition) is 2. The number of allylic oxidation sites excluding steroid dienone is 3. The van der Waals surface area contributed by atoms with Crippen molar-refractivity contribution in [3.05, 3.63) is 23.8 Å². The van der Waals surface area contributed by atoms with Crippen molar-refractivity contribution in [2.45, 2.75) is 79.1 Å². The molecular weight excluding hydrogens is 288 g/mol. The Hall–Kier alpha value is -1.38. The monoisotopic (exact) mass is 322 g/mol. The normalized spacial score (nSPS) is 14.3. The van der Waals surface area contributed by atoms with Crippen molar-refractivity contribution in [1.82, 2.24) is 0 Å². The molecule has 0 rings (SSSR count). The molecule has 0 saturated carbocycles. The van der Waals surface area contributed by atoms with Crippen molar-refractivity contribution in [3.63, 3.8) is 0 Å².